The van der Waals surface area contributed by atoms with Crippen LogP contribution >= 0.6 is 11.3 Å². The summed E-state index contributed by atoms with van der Waals surface area (Å²) < 4.78 is 20.3. The second kappa shape index (κ2) is 6.16. The molecule has 1 N–H and O–H groups in total. The zero-order valence-electron chi connectivity index (χ0n) is 14.2. The largest absolute Gasteiger partial charge is 0.364 e. The zero-order valence-corrected chi connectivity index (χ0v) is 15.0. The first-order valence-corrected chi connectivity index (χ1v) is 9.18. The molecule has 1 fully saturated rings. The molecular weight excluding hydrogens is 341 g/mol. The summed E-state index contributed by atoms with van der Waals surface area (Å²) in [7, 11) is 0. The summed E-state index contributed by atoms with van der Waals surface area (Å²) in [5.41, 5.74) is 2.21. The summed E-state index contributed by atoms with van der Waals surface area (Å²) in [5, 5.41) is 2.86. The Morgan fingerprint density at radius 1 is 1.52 bits per heavy atom. The molecule has 1 spiro atoms. The second-order valence-corrected chi connectivity index (χ2v) is 7.90. The van der Waals surface area contributed by atoms with Crippen molar-refractivity contribution in [3.05, 3.63) is 46.2 Å². The highest BCUT2D eigenvalue weighted by Gasteiger charge is 2.48. The molecule has 2 atom stereocenters. The lowest BCUT2D eigenvalue weighted by Gasteiger charge is -2.24. The van der Waals surface area contributed by atoms with E-state index >= 15 is 0 Å². The summed E-state index contributed by atoms with van der Waals surface area (Å²) in [6.07, 6.45) is 0.892. The van der Waals surface area contributed by atoms with E-state index in [1.165, 1.54) is 29.4 Å². The van der Waals surface area contributed by atoms with Gasteiger partial charge in [-0.1, -0.05) is 35.6 Å². The van der Waals surface area contributed by atoms with Gasteiger partial charge in [0, 0.05) is 26.1 Å². The maximum absolute atomic E-state index is 14.1. The van der Waals surface area contributed by atoms with Crippen LogP contribution in [0.25, 0.3) is 0 Å². The Morgan fingerprint density at radius 3 is 3.12 bits per heavy atom. The quantitative estimate of drug-likeness (QED) is 0.912. The summed E-state index contributed by atoms with van der Waals surface area (Å²) in [6, 6.07) is 8.61. The molecule has 4 rings (SSSR count). The van der Waals surface area contributed by atoms with Gasteiger partial charge in [0.2, 0.25) is 11.9 Å². The number of carbonyl (C=O) groups is 1. The maximum atomic E-state index is 14.1. The Kier molecular flexibility index (Phi) is 4.10. The van der Waals surface area contributed by atoms with Crippen molar-refractivity contribution in [3.8, 4) is 0 Å². The Hall–Kier alpha value is -1.83. The molecule has 2 aliphatic heterocycles. The van der Waals surface area contributed by atoms with Gasteiger partial charge in [-0.25, -0.2) is 0 Å². The van der Waals surface area contributed by atoms with E-state index in [0.29, 0.717) is 23.2 Å². The number of nitrogens with one attached hydrogen (secondary N) is 1. The third-order valence-corrected chi connectivity index (χ3v) is 5.93. The third-order valence-electron chi connectivity index (χ3n) is 5.00. The molecule has 132 valence electrons. The number of halogens is 1. The number of amides is 1. The van der Waals surface area contributed by atoms with Gasteiger partial charge in [-0.3, -0.25) is 9.69 Å². The molecule has 2 aromatic rings. The molecule has 5 nitrogen and oxygen atoms in total. The first-order chi connectivity index (χ1) is 12.0. The van der Waals surface area contributed by atoms with Crippen molar-refractivity contribution in [3.63, 3.8) is 0 Å². The van der Waals surface area contributed by atoms with Gasteiger partial charge in [0.05, 0.1) is 11.5 Å². The molecule has 7 heteroatoms. The second-order valence-electron chi connectivity index (χ2n) is 6.81. The summed E-state index contributed by atoms with van der Waals surface area (Å²) in [6.45, 7) is 5.38. The normalized spacial score (nSPS) is 25.5. The van der Waals surface area contributed by atoms with Crippen LogP contribution in [-0.4, -0.2) is 28.4 Å². The van der Waals surface area contributed by atoms with Gasteiger partial charge in [0.25, 0.3) is 0 Å². The fraction of sp³-hybridized carbons (Fsp3) is 0.444. The molecule has 0 saturated carbocycles. The lowest BCUT2D eigenvalue weighted by atomic mass is 9.90. The van der Waals surface area contributed by atoms with E-state index in [4.69, 9.17) is 4.74 Å². The highest BCUT2D eigenvalue weighted by Crippen LogP contribution is 2.46. The van der Waals surface area contributed by atoms with Gasteiger partial charge in [-0.05, 0) is 24.5 Å². The van der Waals surface area contributed by atoms with Gasteiger partial charge < -0.3 is 10.1 Å². The first-order valence-electron chi connectivity index (χ1n) is 8.36. The van der Waals surface area contributed by atoms with Crippen LogP contribution in [0.4, 0.5) is 9.52 Å². The number of benzene rings is 1. The fourth-order valence-corrected chi connectivity index (χ4v) is 4.78. The maximum Gasteiger partial charge on any atom is 0.230 e. The minimum Gasteiger partial charge on any atom is -0.364 e. The van der Waals surface area contributed by atoms with Gasteiger partial charge in [-0.15, -0.1) is 0 Å². The highest BCUT2D eigenvalue weighted by molar-refractivity contribution is 7.15. The van der Waals surface area contributed by atoms with Crippen molar-refractivity contribution in [1.29, 1.82) is 0 Å². The van der Waals surface area contributed by atoms with Crippen LogP contribution in [0.3, 0.4) is 0 Å². The van der Waals surface area contributed by atoms with E-state index in [1.807, 2.05) is 12.1 Å². The van der Waals surface area contributed by atoms with E-state index in [-0.39, 0.29) is 17.6 Å². The van der Waals surface area contributed by atoms with Gasteiger partial charge >= 0.3 is 0 Å². The Morgan fingerprint density at radius 2 is 2.32 bits per heavy atom. The van der Waals surface area contributed by atoms with Gasteiger partial charge in [0.15, 0.2) is 5.13 Å². The highest BCUT2D eigenvalue weighted by atomic mass is 32.1. The summed E-state index contributed by atoms with van der Waals surface area (Å²) >= 11 is 1.19. The predicted octanol–water partition coefficient (Wildman–Crippen LogP) is 3.26. The molecule has 1 aromatic carbocycles. The minimum absolute atomic E-state index is 0.246. The van der Waals surface area contributed by atoms with Crippen LogP contribution in [-0.2, 0) is 28.3 Å². The van der Waals surface area contributed by atoms with E-state index < -0.39 is 5.95 Å². The third kappa shape index (κ3) is 2.96. The molecular formula is C18H20FN3O2S. The number of thiazole rings is 1. The number of hydrogen-bond acceptors (Lipinski definition) is 5. The summed E-state index contributed by atoms with van der Waals surface area (Å²) in [4.78, 5) is 17.7. The molecule has 2 unspecified atom stereocenters. The molecule has 25 heavy (non-hydrogen) atoms. The Balaban J connectivity index is 1.54. The first kappa shape index (κ1) is 16.6. The molecule has 1 aromatic heterocycles. The number of ether oxygens (including phenoxy) is 1. The van der Waals surface area contributed by atoms with Crippen LogP contribution < -0.4 is 5.32 Å². The van der Waals surface area contributed by atoms with Crippen LogP contribution in [0, 0.1) is 5.95 Å². The number of fused-ring (bicyclic) bond motifs is 2. The average molecular weight is 361 g/mol. The molecule has 0 aliphatic carbocycles. The molecule has 1 saturated heterocycles. The number of rotatable bonds is 3. The van der Waals surface area contributed by atoms with Crippen molar-refractivity contribution in [2.45, 2.75) is 45.1 Å². The van der Waals surface area contributed by atoms with Crippen molar-refractivity contribution >= 4 is 22.4 Å². The molecule has 0 bridgehead atoms. The van der Waals surface area contributed by atoms with Crippen molar-refractivity contribution in [1.82, 2.24) is 9.88 Å². The monoisotopic (exact) mass is 361 g/mol. The number of carbonyl (C=O) groups excluding carboxylic acids is 1. The van der Waals surface area contributed by atoms with Crippen molar-refractivity contribution < 1.29 is 13.9 Å². The van der Waals surface area contributed by atoms with Gasteiger partial charge in [0.1, 0.15) is 5.60 Å². The molecule has 1 amide bonds. The smallest absolute Gasteiger partial charge is 0.230 e. The topological polar surface area (TPSA) is 54.5 Å². The van der Waals surface area contributed by atoms with E-state index in [0.717, 1.165) is 13.0 Å². The number of likely N-dealkylation sites (tertiary alicyclic amines) is 1. The zero-order chi connectivity index (χ0) is 17.6. The van der Waals surface area contributed by atoms with E-state index in [1.54, 1.807) is 0 Å². The predicted molar refractivity (Wildman–Crippen MR) is 93.8 cm³/mol. The van der Waals surface area contributed by atoms with Crippen molar-refractivity contribution in [2.75, 3.05) is 11.9 Å². The van der Waals surface area contributed by atoms with E-state index in [9.17, 15) is 9.18 Å². The Labute approximate surface area is 149 Å². The average Bonchev–Trinajstić information content (AvgIpc) is 3.18. The lowest BCUT2D eigenvalue weighted by Crippen LogP contribution is -2.31. The van der Waals surface area contributed by atoms with Gasteiger partial charge in [-0.2, -0.15) is 9.37 Å². The Bertz CT molecular complexity index is 824. The van der Waals surface area contributed by atoms with Crippen LogP contribution in [0.15, 0.2) is 24.3 Å². The SMILES string of the molecule is CC(=O)Nc1nc(F)c(CN2CC3(CC2C)OCc2ccccc23)s1. The van der Waals surface area contributed by atoms with Crippen molar-refractivity contribution in [2.24, 2.45) is 0 Å². The van der Waals surface area contributed by atoms with Crippen LogP contribution in [0.2, 0.25) is 0 Å². The minimum atomic E-state index is -0.505. The number of nitrogens with zero attached hydrogens (tertiary/aromatic N) is 2. The van der Waals surface area contributed by atoms with E-state index in [2.05, 4.69) is 34.3 Å². The molecule has 0 radical (unpaired) electrons. The fourth-order valence-electron chi connectivity index (χ4n) is 3.87. The number of anilines is 1. The summed E-state index contributed by atoms with van der Waals surface area (Å²) in [5.74, 6) is -0.751. The van der Waals surface area contributed by atoms with Crippen LogP contribution in [0.1, 0.15) is 36.3 Å². The number of aromatic nitrogens is 1. The standard InChI is InChI=1S/C18H20FN3O2S/c1-11-7-18(14-6-4-3-5-13(14)9-24-18)10-22(11)8-15-16(19)21-17(25-15)20-12(2)23/h3-6,11H,7-10H2,1-2H3,(H,20,21,23). The van der Waals surface area contributed by atoms with Crippen LogP contribution in [0.5, 0.6) is 0 Å². The lowest BCUT2D eigenvalue weighted by molar-refractivity contribution is -0.114. The molecule has 3 heterocycles. The molecule has 2 aliphatic rings. The number of hydrogen-bond donors (Lipinski definition) is 1.